The van der Waals surface area contributed by atoms with Crippen LogP contribution in [0.3, 0.4) is 0 Å². The molecule has 0 N–H and O–H groups in total. The minimum Gasteiger partial charge on any atom is -0.370 e. The molecule has 0 saturated heterocycles. The minimum atomic E-state index is -0.109. The van der Waals surface area contributed by atoms with Gasteiger partial charge in [-0.05, 0) is 56.8 Å². The molecule has 3 unspecified atom stereocenters. The second-order valence-electron chi connectivity index (χ2n) is 7.29. The zero-order valence-electron chi connectivity index (χ0n) is 13.6. The molecule has 20 heavy (non-hydrogen) atoms. The standard InChI is InChI=1S/C18H32O2/c1-4-20-18(15-8-6-5-7-9-15)17(19)16-11-13(2)10-14(3)12-16/h13-16,18H,4-12H2,1-3H3. The number of ketones is 1. The lowest BCUT2D eigenvalue weighted by molar-refractivity contribution is -0.141. The second-order valence-corrected chi connectivity index (χ2v) is 7.29. The first-order valence-corrected chi connectivity index (χ1v) is 8.77. The van der Waals surface area contributed by atoms with Crippen LogP contribution in [0.15, 0.2) is 0 Å². The van der Waals surface area contributed by atoms with Gasteiger partial charge in [0.2, 0.25) is 0 Å². The molecule has 0 aromatic rings. The third-order valence-electron chi connectivity index (χ3n) is 5.29. The molecule has 2 rings (SSSR count). The molecule has 0 aromatic carbocycles. The van der Waals surface area contributed by atoms with Gasteiger partial charge < -0.3 is 4.74 Å². The summed E-state index contributed by atoms with van der Waals surface area (Å²) in [4.78, 5) is 13.0. The summed E-state index contributed by atoms with van der Waals surface area (Å²) in [5, 5.41) is 0. The van der Waals surface area contributed by atoms with E-state index in [0.29, 0.717) is 30.1 Å². The van der Waals surface area contributed by atoms with Gasteiger partial charge in [0.1, 0.15) is 6.10 Å². The second kappa shape index (κ2) is 7.59. The highest BCUT2D eigenvalue weighted by molar-refractivity contribution is 5.86. The Bertz CT molecular complexity index is 297. The zero-order chi connectivity index (χ0) is 14.5. The summed E-state index contributed by atoms with van der Waals surface area (Å²) in [6, 6.07) is 0. The van der Waals surface area contributed by atoms with Crippen molar-refractivity contribution in [3.63, 3.8) is 0 Å². The lowest BCUT2D eigenvalue weighted by atomic mass is 9.72. The van der Waals surface area contributed by atoms with Gasteiger partial charge in [-0.1, -0.05) is 33.1 Å². The normalized spacial score (nSPS) is 33.9. The molecule has 2 saturated carbocycles. The summed E-state index contributed by atoms with van der Waals surface area (Å²) >= 11 is 0. The van der Waals surface area contributed by atoms with Crippen molar-refractivity contribution in [1.82, 2.24) is 0 Å². The fourth-order valence-electron chi connectivity index (χ4n) is 4.48. The largest absolute Gasteiger partial charge is 0.370 e. The van der Waals surface area contributed by atoms with Gasteiger partial charge in [0.15, 0.2) is 5.78 Å². The molecule has 0 heterocycles. The third-order valence-corrected chi connectivity index (χ3v) is 5.29. The van der Waals surface area contributed by atoms with Crippen LogP contribution in [-0.4, -0.2) is 18.5 Å². The smallest absolute Gasteiger partial charge is 0.164 e. The van der Waals surface area contributed by atoms with E-state index in [1.165, 1.54) is 38.5 Å². The monoisotopic (exact) mass is 280 g/mol. The Morgan fingerprint density at radius 2 is 1.65 bits per heavy atom. The van der Waals surface area contributed by atoms with Crippen LogP contribution in [0.1, 0.15) is 72.1 Å². The Morgan fingerprint density at radius 1 is 1.05 bits per heavy atom. The van der Waals surface area contributed by atoms with Crippen molar-refractivity contribution in [3.8, 4) is 0 Å². The maximum absolute atomic E-state index is 13.0. The van der Waals surface area contributed by atoms with Gasteiger partial charge in [0.25, 0.3) is 0 Å². The average Bonchev–Trinajstić information content (AvgIpc) is 2.44. The number of carbonyl (C=O) groups is 1. The van der Waals surface area contributed by atoms with Gasteiger partial charge in [-0.2, -0.15) is 0 Å². The SMILES string of the molecule is CCOC(C(=O)C1CC(C)CC(C)C1)C1CCCCC1. The number of carbonyl (C=O) groups excluding carboxylic acids is 1. The number of hydrogen-bond acceptors (Lipinski definition) is 2. The van der Waals surface area contributed by atoms with Gasteiger partial charge in [-0.15, -0.1) is 0 Å². The predicted octanol–water partition coefficient (Wildman–Crippen LogP) is 4.61. The molecule has 0 spiro atoms. The summed E-state index contributed by atoms with van der Waals surface area (Å²) in [6.45, 7) is 7.29. The highest BCUT2D eigenvalue weighted by Gasteiger charge is 2.37. The van der Waals surface area contributed by atoms with Gasteiger partial charge in [-0.25, -0.2) is 0 Å². The number of hydrogen-bond donors (Lipinski definition) is 0. The molecule has 2 aliphatic carbocycles. The van der Waals surface area contributed by atoms with Gasteiger partial charge in [0, 0.05) is 12.5 Å². The van der Waals surface area contributed by atoms with E-state index in [1.54, 1.807) is 0 Å². The zero-order valence-corrected chi connectivity index (χ0v) is 13.6. The molecule has 2 fully saturated rings. The quantitative estimate of drug-likeness (QED) is 0.735. The van der Waals surface area contributed by atoms with Gasteiger partial charge >= 0.3 is 0 Å². The van der Waals surface area contributed by atoms with Crippen LogP contribution < -0.4 is 0 Å². The van der Waals surface area contributed by atoms with Crippen molar-refractivity contribution in [2.75, 3.05) is 6.61 Å². The van der Waals surface area contributed by atoms with Crippen molar-refractivity contribution in [2.24, 2.45) is 23.7 Å². The maximum Gasteiger partial charge on any atom is 0.164 e. The molecule has 0 aromatic heterocycles. The van der Waals surface area contributed by atoms with Gasteiger partial charge in [0.05, 0.1) is 0 Å². The van der Waals surface area contributed by atoms with Crippen LogP contribution in [0.2, 0.25) is 0 Å². The van der Waals surface area contributed by atoms with Crippen molar-refractivity contribution < 1.29 is 9.53 Å². The summed E-state index contributed by atoms with van der Waals surface area (Å²) in [6.07, 6.45) is 9.61. The van der Waals surface area contributed by atoms with Crippen molar-refractivity contribution >= 4 is 5.78 Å². The first-order valence-electron chi connectivity index (χ1n) is 8.77. The summed E-state index contributed by atoms with van der Waals surface area (Å²) in [7, 11) is 0. The molecule has 0 aliphatic heterocycles. The fourth-order valence-corrected chi connectivity index (χ4v) is 4.48. The molecule has 2 aliphatic rings. The van der Waals surface area contributed by atoms with E-state index in [4.69, 9.17) is 4.74 Å². The van der Waals surface area contributed by atoms with E-state index >= 15 is 0 Å². The van der Waals surface area contributed by atoms with Crippen LogP contribution in [0.25, 0.3) is 0 Å². The molecule has 2 nitrogen and oxygen atoms in total. The number of rotatable bonds is 5. The first-order chi connectivity index (χ1) is 9.61. The fraction of sp³-hybridized carbons (Fsp3) is 0.944. The van der Waals surface area contributed by atoms with E-state index in [2.05, 4.69) is 13.8 Å². The van der Waals surface area contributed by atoms with Crippen LogP contribution in [-0.2, 0) is 9.53 Å². The van der Waals surface area contributed by atoms with E-state index < -0.39 is 0 Å². The Balaban J connectivity index is 2.01. The number of ether oxygens (including phenoxy) is 1. The molecule has 0 radical (unpaired) electrons. The Hall–Kier alpha value is -0.370. The Morgan fingerprint density at radius 3 is 2.20 bits per heavy atom. The molecule has 0 bridgehead atoms. The summed E-state index contributed by atoms with van der Waals surface area (Å²) in [5.41, 5.74) is 0. The van der Waals surface area contributed by atoms with E-state index in [9.17, 15) is 4.79 Å². The summed E-state index contributed by atoms with van der Waals surface area (Å²) in [5.74, 6) is 2.57. The Labute approximate surface area is 124 Å². The molecule has 116 valence electrons. The van der Waals surface area contributed by atoms with Crippen LogP contribution in [0, 0.1) is 23.7 Å². The van der Waals surface area contributed by atoms with Gasteiger partial charge in [-0.3, -0.25) is 4.79 Å². The van der Waals surface area contributed by atoms with E-state index in [0.717, 1.165) is 12.8 Å². The third kappa shape index (κ3) is 4.07. The summed E-state index contributed by atoms with van der Waals surface area (Å²) < 4.78 is 5.92. The lowest BCUT2D eigenvalue weighted by Crippen LogP contribution is -2.40. The molecule has 3 atom stereocenters. The highest BCUT2D eigenvalue weighted by atomic mass is 16.5. The lowest BCUT2D eigenvalue weighted by Gasteiger charge is -2.35. The molecular weight excluding hydrogens is 248 g/mol. The predicted molar refractivity (Wildman–Crippen MR) is 82.7 cm³/mol. The molecular formula is C18H32O2. The van der Waals surface area contributed by atoms with E-state index in [-0.39, 0.29) is 12.0 Å². The molecule has 0 amide bonds. The highest BCUT2D eigenvalue weighted by Crippen LogP contribution is 2.37. The average molecular weight is 280 g/mol. The number of Topliss-reactive ketones (excluding diaryl/α,β-unsaturated/α-hetero) is 1. The van der Waals surface area contributed by atoms with Crippen LogP contribution >= 0.6 is 0 Å². The van der Waals surface area contributed by atoms with E-state index in [1.807, 2.05) is 6.92 Å². The Kier molecular flexibility index (Phi) is 6.07. The first kappa shape index (κ1) is 16.0. The van der Waals surface area contributed by atoms with Crippen molar-refractivity contribution in [1.29, 1.82) is 0 Å². The van der Waals surface area contributed by atoms with Crippen LogP contribution in [0.4, 0.5) is 0 Å². The maximum atomic E-state index is 13.0. The topological polar surface area (TPSA) is 26.3 Å². The van der Waals surface area contributed by atoms with Crippen LogP contribution in [0.5, 0.6) is 0 Å². The van der Waals surface area contributed by atoms with Crippen molar-refractivity contribution in [3.05, 3.63) is 0 Å². The van der Waals surface area contributed by atoms with Crippen molar-refractivity contribution in [2.45, 2.75) is 78.2 Å². The minimum absolute atomic E-state index is 0.109. The molecule has 2 heteroatoms.